The van der Waals surface area contributed by atoms with Crippen LogP contribution in [0.25, 0.3) is 0 Å². The fourth-order valence-electron chi connectivity index (χ4n) is 7.44. The van der Waals surface area contributed by atoms with E-state index in [-0.39, 0.29) is 38.6 Å². The molecule has 0 radical (unpaired) electrons. The average molecular weight is 904 g/mol. The van der Waals surface area contributed by atoms with Gasteiger partial charge in [-0.15, -0.1) is 0 Å². The number of quaternary nitrogens is 1. The van der Waals surface area contributed by atoms with Crippen molar-refractivity contribution < 1.29 is 42.9 Å². The highest BCUT2D eigenvalue weighted by Gasteiger charge is 2.22. The van der Waals surface area contributed by atoms with Crippen molar-refractivity contribution in [1.82, 2.24) is 0 Å². The third-order valence-electron chi connectivity index (χ3n) is 11.6. The minimum atomic E-state index is -1.62. The van der Waals surface area contributed by atoms with Crippen molar-refractivity contribution in [3.63, 3.8) is 0 Å². The summed E-state index contributed by atoms with van der Waals surface area (Å²) in [7, 11) is 5.92. The van der Waals surface area contributed by atoms with Gasteiger partial charge in [-0.25, -0.2) is 0 Å². The summed E-state index contributed by atoms with van der Waals surface area (Å²) in [6, 6.07) is 0. The molecule has 0 N–H and O–H groups in total. The number of unbranched alkanes of at least 4 members (excludes halogenated alkanes) is 28. The van der Waals surface area contributed by atoms with Gasteiger partial charge in [-0.3, -0.25) is 9.59 Å². The lowest BCUT2D eigenvalue weighted by Gasteiger charge is -2.26. The standard InChI is InChI=1S/C55H101NO8/c1-6-8-10-12-14-16-18-20-22-24-25-26-27-28-29-30-32-34-36-38-40-42-44-46-53(58)64-51(50-63-55(54(59)60)61-48-47-56(3,4)5)49-62-52(57)45-43-41-39-37-35-33-31-23-21-19-17-15-13-11-9-7-2/h18,20,23-25,31,51,55H,6-17,19,21-22,26-30,32-50H2,1-5H3/b20-18-,25-24-,31-23-. The van der Waals surface area contributed by atoms with E-state index in [1.807, 2.05) is 21.1 Å². The number of hydrogen-bond donors (Lipinski definition) is 0. The Labute approximate surface area is 394 Å². The highest BCUT2D eigenvalue weighted by atomic mass is 16.7. The molecule has 0 spiro atoms. The Hall–Kier alpha value is -2.49. The van der Waals surface area contributed by atoms with Crippen molar-refractivity contribution in [2.24, 2.45) is 0 Å². The molecule has 0 aliphatic heterocycles. The first-order valence-corrected chi connectivity index (χ1v) is 26.6. The Morgan fingerprint density at radius 2 is 0.844 bits per heavy atom. The number of hydrogen-bond acceptors (Lipinski definition) is 8. The van der Waals surface area contributed by atoms with Crippen molar-refractivity contribution in [3.8, 4) is 0 Å². The van der Waals surface area contributed by atoms with Crippen LogP contribution in [0, 0.1) is 0 Å². The third-order valence-corrected chi connectivity index (χ3v) is 11.6. The zero-order valence-electron chi connectivity index (χ0n) is 42.4. The quantitative estimate of drug-likeness (QED) is 0.0195. The molecule has 0 aromatic heterocycles. The van der Waals surface area contributed by atoms with Crippen LogP contribution >= 0.6 is 0 Å². The minimum absolute atomic E-state index is 0.146. The number of carboxylic acid groups (broad SMARTS) is 1. The van der Waals surface area contributed by atoms with Crippen LogP contribution < -0.4 is 5.11 Å². The average Bonchev–Trinajstić information content (AvgIpc) is 3.26. The Bertz CT molecular complexity index is 1150. The van der Waals surface area contributed by atoms with Crippen molar-refractivity contribution in [1.29, 1.82) is 0 Å². The summed E-state index contributed by atoms with van der Waals surface area (Å²) < 4.78 is 22.6. The van der Waals surface area contributed by atoms with E-state index in [0.717, 1.165) is 64.2 Å². The third kappa shape index (κ3) is 47.5. The molecule has 0 aromatic rings. The second-order valence-electron chi connectivity index (χ2n) is 19.2. The highest BCUT2D eigenvalue weighted by molar-refractivity contribution is 5.70. The molecule has 2 unspecified atom stereocenters. The molecule has 0 rings (SSSR count). The monoisotopic (exact) mass is 904 g/mol. The zero-order chi connectivity index (χ0) is 47.0. The fraction of sp³-hybridized carbons (Fsp3) is 0.836. The van der Waals surface area contributed by atoms with Crippen molar-refractivity contribution in [2.75, 3.05) is 47.5 Å². The van der Waals surface area contributed by atoms with Gasteiger partial charge < -0.3 is 33.3 Å². The predicted molar refractivity (Wildman–Crippen MR) is 265 cm³/mol. The summed E-state index contributed by atoms with van der Waals surface area (Å²) in [6.07, 6.45) is 51.8. The Morgan fingerprint density at radius 1 is 0.469 bits per heavy atom. The molecule has 0 aliphatic carbocycles. The number of likely N-dealkylation sites (N-methyl/N-ethyl adjacent to an activating group) is 1. The molecule has 64 heavy (non-hydrogen) atoms. The van der Waals surface area contributed by atoms with Crippen LogP contribution in [-0.2, 0) is 33.3 Å². The van der Waals surface area contributed by atoms with Gasteiger partial charge in [0.1, 0.15) is 13.2 Å². The lowest BCUT2D eigenvalue weighted by Crippen LogP contribution is -2.44. The number of aliphatic carboxylic acids is 1. The van der Waals surface area contributed by atoms with E-state index < -0.39 is 24.3 Å². The number of carbonyl (C=O) groups excluding carboxylic acids is 3. The summed E-state index contributed by atoms with van der Waals surface area (Å²) in [4.78, 5) is 37.2. The van der Waals surface area contributed by atoms with Gasteiger partial charge in [0.25, 0.3) is 0 Å². The molecule has 2 atom stereocenters. The van der Waals surface area contributed by atoms with Crippen LogP contribution in [0.1, 0.15) is 239 Å². The van der Waals surface area contributed by atoms with E-state index in [2.05, 4.69) is 50.3 Å². The predicted octanol–water partition coefficient (Wildman–Crippen LogP) is 13.6. The minimum Gasteiger partial charge on any atom is -0.545 e. The van der Waals surface area contributed by atoms with Crippen LogP contribution in [0.2, 0.25) is 0 Å². The van der Waals surface area contributed by atoms with Gasteiger partial charge >= 0.3 is 11.9 Å². The molecular weight excluding hydrogens is 803 g/mol. The smallest absolute Gasteiger partial charge is 0.306 e. The first-order valence-electron chi connectivity index (χ1n) is 26.6. The number of esters is 2. The van der Waals surface area contributed by atoms with Crippen LogP contribution in [-0.4, -0.2) is 82.3 Å². The molecule has 0 fully saturated rings. The lowest BCUT2D eigenvalue weighted by atomic mass is 10.0. The van der Waals surface area contributed by atoms with E-state index in [1.54, 1.807) is 0 Å². The summed E-state index contributed by atoms with van der Waals surface area (Å²) in [6.45, 7) is 4.74. The van der Waals surface area contributed by atoms with Crippen molar-refractivity contribution in [3.05, 3.63) is 36.5 Å². The number of nitrogens with zero attached hydrogens (tertiary/aromatic N) is 1. The summed E-state index contributed by atoms with van der Waals surface area (Å²) >= 11 is 0. The number of rotatable bonds is 49. The molecule has 0 aliphatic rings. The second-order valence-corrected chi connectivity index (χ2v) is 19.2. The first-order chi connectivity index (χ1) is 31.1. The summed E-state index contributed by atoms with van der Waals surface area (Å²) in [5.74, 6) is -2.29. The molecule has 0 heterocycles. The van der Waals surface area contributed by atoms with Crippen molar-refractivity contribution in [2.45, 2.75) is 251 Å². The van der Waals surface area contributed by atoms with Crippen LogP contribution in [0.15, 0.2) is 36.5 Å². The van der Waals surface area contributed by atoms with E-state index in [4.69, 9.17) is 18.9 Å². The van der Waals surface area contributed by atoms with E-state index in [0.29, 0.717) is 17.4 Å². The number of allylic oxidation sites excluding steroid dienone is 6. The van der Waals surface area contributed by atoms with Gasteiger partial charge in [0.2, 0.25) is 0 Å². The zero-order valence-corrected chi connectivity index (χ0v) is 42.4. The maximum atomic E-state index is 12.8. The molecule has 0 amide bonds. The highest BCUT2D eigenvalue weighted by Crippen LogP contribution is 2.15. The van der Waals surface area contributed by atoms with E-state index >= 15 is 0 Å². The second kappa shape index (κ2) is 47.0. The summed E-state index contributed by atoms with van der Waals surface area (Å²) in [5, 5.41) is 11.7. The number of ether oxygens (including phenoxy) is 4. The molecule has 9 nitrogen and oxygen atoms in total. The number of carbonyl (C=O) groups is 3. The van der Waals surface area contributed by atoms with Crippen molar-refractivity contribution >= 4 is 17.9 Å². The Balaban J connectivity index is 4.30. The molecule has 0 saturated carbocycles. The van der Waals surface area contributed by atoms with Crippen LogP contribution in [0.4, 0.5) is 0 Å². The van der Waals surface area contributed by atoms with Crippen LogP contribution in [0.3, 0.4) is 0 Å². The van der Waals surface area contributed by atoms with E-state index in [9.17, 15) is 19.5 Å². The maximum absolute atomic E-state index is 12.8. The van der Waals surface area contributed by atoms with Gasteiger partial charge in [0.05, 0.1) is 40.3 Å². The normalized spacial score (nSPS) is 13.1. The molecule has 0 aromatic carbocycles. The van der Waals surface area contributed by atoms with E-state index in [1.165, 1.54) is 141 Å². The maximum Gasteiger partial charge on any atom is 0.306 e. The van der Waals surface area contributed by atoms with Gasteiger partial charge in [-0.2, -0.15) is 0 Å². The summed E-state index contributed by atoms with van der Waals surface area (Å²) in [5.41, 5.74) is 0. The van der Waals surface area contributed by atoms with Crippen LogP contribution in [0.5, 0.6) is 0 Å². The molecule has 0 bridgehead atoms. The topological polar surface area (TPSA) is 111 Å². The SMILES string of the molecule is CCCCCCC/C=C\C/C=C\CCCCCCCCCCCCCC(=O)OC(COC(=O)CCCCCCC/C=C\CCCCCCCCC)COC(OCC[N+](C)(C)C)C(=O)[O-]. The van der Waals surface area contributed by atoms with Gasteiger partial charge in [0, 0.05) is 12.8 Å². The molecule has 9 heteroatoms. The Morgan fingerprint density at radius 3 is 1.25 bits per heavy atom. The van der Waals surface area contributed by atoms with Gasteiger partial charge in [0.15, 0.2) is 12.4 Å². The van der Waals surface area contributed by atoms with Gasteiger partial charge in [-0.1, -0.05) is 192 Å². The largest absolute Gasteiger partial charge is 0.545 e. The molecular formula is C55H101NO8. The Kier molecular flexibility index (Phi) is 45.2. The first kappa shape index (κ1) is 61.5. The lowest BCUT2D eigenvalue weighted by molar-refractivity contribution is -0.870. The van der Waals surface area contributed by atoms with Gasteiger partial charge in [-0.05, 0) is 70.6 Å². The fourth-order valence-corrected chi connectivity index (χ4v) is 7.44. The molecule has 0 saturated heterocycles. The molecule has 374 valence electrons. The number of carboxylic acids is 1.